The molecule has 2 aliphatic heterocycles. The minimum Gasteiger partial charge on any atom is -0.352 e. The third kappa shape index (κ3) is 5.17. The van der Waals surface area contributed by atoms with E-state index in [0.29, 0.717) is 29.7 Å². The van der Waals surface area contributed by atoms with Gasteiger partial charge in [0, 0.05) is 24.3 Å². The lowest BCUT2D eigenvalue weighted by molar-refractivity contribution is -0.125. The summed E-state index contributed by atoms with van der Waals surface area (Å²) in [6, 6.07) is 22.9. The van der Waals surface area contributed by atoms with E-state index in [1.165, 1.54) is 23.9 Å². The summed E-state index contributed by atoms with van der Waals surface area (Å²) in [5.41, 5.74) is 3.33. The van der Waals surface area contributed by atoms with E-state index in [1.807, 2.05) is 60.7 Å². The Balaban J connectivity index is 1.28. The first-order chi connectivity index (χ1) is 17.1. The van der Waals surface area contributed by atoms with Gasteiger partial charge in [-0.05, 0) is 41.8 Å². The van der Waals surface area contributed by atoms with Crippen molar-refractivity contribution in [2.75, 3.05) is 0 Å². The molecule has 0 radical (unpaired) electrons. The number of aliphatic imine (C=N–C) groups is 2. The minimum atomic E-state index is -0.654. The molecule has 2 amide bonds. The number of halogens is 1. The van der Waals surface area contributed by atoms with Crippen molar-refractivity contribution in [2.24, 2.45) is 9.98 Å². The molecule has 2 aliphatic rings. The van der Waals surface area contributed by atoms with Gasteiger partial charge in [0.05, 0.1) is 5.69 Å². The number of para-hydroxylation sites is 1. The third-order valence-electron chi connectivity index (χ3n) is 5.78. The van der Waals surface area contributed by atoms with Crippen LogP contribution < -0.4 is 5.32 Å². The van der Waals surface area contributed by atoms with Gasteiger partial charge in [-0.2, -0.15) is 0 Å². The molecule has 0 saturated carbocycles. The van der Waals surface area contributed by atoms with Crippen molar-refractivity contribution in [3.05, 3.63) is 101 Å². The molecule has 176 valence electrons. The highest BCUT2D eigenvalue weighted by molar-refractivity contribution is 8.13. The first-order valence-electron chi connectivity index (χ1n) is 11.4. The molecule has 35 heavy (non-hydrogen) atoms. The minimum absolute atomic E-state index is 0.124. The Morgan fingerprint density at radius 1 is 1.00 bits per heavy atom. The molecule has 1 atom stereocenters. The first-order valence-corrected chi connectivity index (χ1v) is 12.3. The normalized spacial score (nSPS) is 16.3. The smallest absolute Gasteiger partial charge is 0.259 e. The third-order valence-corrected chi connectivity index (χ3v) is 6.79. The fourth-order valence-electron chi connectivity index (χ4n) is 4.01. The average molecular weight is 487 g/mol. The van der Waals surface area contributed by atoms with Gasteiger partial charge < -0.3 is 5.32 Å². The molecule has 0 aromatic heterocycles. The molecule has 0 bridgehead atoms. The highest BCUT2D eigenvalue weighted by atomic mass is 32.2. The van der Waals surface area contributed by atoms with Gasteiger partial charge in [0.1, 0.15) is 17.7 Å². The van der Waals surface area contributed by atoms with Crippen LogP contribution in [0.2, 0.25) is 0 Å². The number of thioether (sulfide) groups is 1. The van der Waals surface area contributed by atoms with E-state index in [4.69, 9.17) is 9.98 Å². The van der Waals surface area contributed by atoms with E-state index in [-0.39, 0.29) is 24.1 Å². The van der Waals surface area contributed by atoms with Crippen LogP contribution in [0.4, 0.5) is 10.1 Å². The van der Waals surface area contributed by atoms with Crippen LogP contribution in [0.1, 0.15) is 29.5 Å². The predicted octanol–water partition coefficient (Wildman–Crippen LogP) is 4.81. The summed E-state index contributed by atoms with van der Waals surface area (Å²) >= 11 is 1.36. The Labute approximate surface area is 207 Å². The lowest BCUT2D eigenvalue weighted by Gasteiger charge is -2.25. The standard InChI is InChI=1S/C27H23FN4O2S/c28-20-10-6-9-19(15-20)17-35-27-31-22-12-5-4-11-21(22)25-30-23(26(34)32(25)27)13-14-24(33)29-16-18-7-2-1-3-8-18/h1-12,15,23H,13-14,16-17H2,(H,29,33)/t23-/m0/s1. The van der Waals surface area contributed by atoms with Crippen LogP contribution in [-0.4, -0.2) is 33.8 Å². The van der Waals surface area contributed by atoms with Crippen LogP contribution in [0.25, 0.3) is 0 Å². The predicted molar refractivity (Wildman–Crippen MR) is 136 cm³/mol. The first kappa shape index (κ1) is 23.0. The zero-order valence-electron chi connectivity index (χ0n) is 18.9. The average Bonchev–Trinajstić information content (AvgIpc) is 3.22. The second kappa shape index (κ2) is 10.2. The van der Waals surface area contributed by atoms with E-state index in [0.717, 1.165) is 22.4 Å². The molecule has 8 heteroatoms. The van der Waals surface area contributed by atoms with Crippen molar-refractivity contribution in [1.29, 1.82) is 0 Å². The summed E-state index contributed by atoms with van der Waals surface area (Å²) in [7, 11) is 0. The van der Waals surface area contributed by atoms with Gasteiger partial charge in [-0.1, -0.05) is 66.4 Å². The molecule has 0 spiro atoms. The number of nitrogens with zero attached hydrogens (tertiary/aromatic N) is 3. The van der Waals surface area contributed by atoms with E-state index < -0.39 is 6.04 Å². The Bertz CT molecular complexity index is 1330. The number of nitrogens with one attached hydrogen (secondary N) is 1. The zero-order valence-corrected chi connectivity index (χ0v) is 19.7. The second-order valence-corrected chi connectivity index (χ2v) is 9.22. The van der Waals surface area contributed by atoms with Crippen LogP contribution in [0, 0.1) is 5.82 Å². The molecule has 1 N–H and O–H groups in total. The van der Waals surface area contributed by atoms with Gasteiger partial charge in [-0.3, -0.25) is 14.6 Å². The molecule has 6 nitrogen and oxygen atoms in total. The lowest BCUT2D eigenvalue weighted by Crippen LogP contribution is -2.41. The molecular weight excluding hydrogens is 463 g/mol. The summed E-state index contributed by atoms with van der Waals surface area (Å²) in [6.07, 6.45) is 0.502. The van der Waals surface area contributed by atoms with Crippen molar-refractivity contribution in [1.82, 2.24) is 10.2 Å². The summed E-state index contributed by atoms with van der Waals surface area (Å²) in [4.78, 5) is 36.7. The molecule has 3 aromatic rings. The number of rotatable bonds is 7. The van der Waals surface area contributed by atoms with E-state index >= 15 is 0 Å². The molecule has 0 fully saturated rings. The van der Waals surface area contributed by atoms with Gasteiger partial charge in [-0.25, -0.2) is 14.3 Å². The van der Waals surface area contributed by atoms with Crippen molar-refractivity contribution < 1.29 is 14.0 Å². The Morgan fingerprint density at radius 2 is 1.77 bits per heavy atom. The summed E-state index contributed by atoms with van der Waals surface area (Å²) < 4.78 is 13.6. The summed E-state index contributed by atoms with van der Waals surface area (Å²) in [6.45, 7) is 0.444. The van der Waals surface area contributed by atoms with Gasteiger partial charge in [0.25, 0.3) is 5.91 Å². The van der Waals surface area contributed by atoms with Crippen molar-refractivity contribution in [2.45, 2.75) is 31.2 Å². The van der Waals surface area contributed by atoms with Gasteiger partial charge in [0.15, 0.2) is 5.17 Å². The van der Waals surface area contributed by atoms with Gasteiger partial charge >= 0.3 is 0 Å². The maximum absolute atomic E-state index is 13.6. The van der Waals surface area contributed by atoms with Crippen molar-refractivity contribution in [3.63, 3.8) is 0 Å². The zero-order chi connectivity index (χ0) is 24.2. The fraction of sp³-hybridized carbons (Fsp3) is 0.185. The highest BCUT2D eigenvalue weighted by Gasteiger charge is 2.41. The monoisotopic (exact) mass is 486 g/mol. The van der Waals surface area contributed by atoms with Crippen LogP contribution in [0.15, 0.2) is 88.8 Å². The second-order valence-electron chi connectivity index (χ2n) is 8.27. The molecule has 0 saturated heterocycles. The Kier molecular flexibility index (Phi) is 6.72. The maximum atomic E-state index is 13.6. The van der Waals surface area contributed by atoms with E-state index in [2.05, 4.69) is 5.32 Å². The number of fused-ring (bicyclic) bond motifs is 3. The fourth-order valence-corrected chi connectivity index (χ4v) is 4.96. The van der Waals surface area contributed by atoms with Crippen molar-refractivity contribution >= 4 is 40.3 Å². The van der Waals surface area contributed by atoms with Crippen LogP contribution >= 0.6 is 11.8 Å². The number of hydrogen-bond donors (Lipinski definition) is 1. The lowest BCUT2D eigenvalue weighted by atomic mass is 10.1. The quantitative estimate of drug-likeness (QED) is 0.521. The van der Waals surface area contributed by atoms with Gasteiger partial charge in [0.2, 0.25) is 5.91 Å². The molecule has 0 unspecified atom stereocenters. The molecule has 3 aromatic carbocycles. The van der Waals surface area contributed by atoms with Gasteiger partial charge in [-0.15, -0.1) is 0 Å². The maximum Gasteiger partial charge on any atom is 0.259 e. The molecule has 2 heterocycles. The topological polar surface area (TPSA) is 74.1 Å². The number of amidine groups is 2. The SMILES string of the molecule is O=C(CC[C@@H]1N=C2c3ccccc3N=C(SCc3cccc(F)c3)N2C1=O)NCc1ccccc1. The molecule has 5 rings (SSSR count). The van der Waals surface area contributed by atoms with Crippen LogP contribution in [0.5, 0.6) is 0 Å². The van der Waals surface area contributed by atoms with Crippen molar-refractivity contribution in [3.8, 4) is 0 Å². The largest absolute Gasteiger partial charge is 0.352 e. The van der Waals surface area contributed by atoms with Crippen LogP contribution in [0.3, 0.4) is 0 Å². The number of carbonyl (C=O) groups is 2. The molecular formula is C27H23FN4O2S. The Hall–Kier alpha value is -3.78. The molecule has 0 aliphatic carbocycles. The Morgan fingerprint density at radius 3 is 2.60 bits per heavy atom. The number of amides is 2. The number of benzene rings is 3. The number of carbonyl (C=O) groups excluding carboxylic acids is 2. The summed E-state index contributed by atoms with van der Waals surface area (Å²) in [5, 5.41) is 3.40. The van der Waals surface area contributed by atoms with E-state index in [1.54, 1.807) is 11.0 Å². The highest BCUT2D eigenvalue weighted by Crippen LogP contribution is 2.35. The summed E-state index contributed by atoms with van der Waals surface area (Å²) in [5.74, 6) is 0.390. The van der Waals surface area contributed by atoms with Crippen LogP contribution in [-0.2, 0) is 21.9 Å². The van der Waals surface area contributed by atoms with E-state index in [9.17, 15) is 14.0 Å². The number of hydrogen-bond acceptors (Lipinski definition) is 5.